The lowest BCUT2D eigenvalue weighted by Crippen LogP contribution is -2.05. The van der Waals surface area contributed by atoms with Crippen LogP contribution in [0.25, 0.3) is 0 Å². The summed E-state index contributed by atoms with van der Waals surface area (Å²) >= 11 is 0. The van der Waals surface area contributed by atoms with E-state index in [2.05, 4.69) is 0 Å². The van der Waals surface area contributed by atoms with Crippen LogP contribution in [-0.4, -0.2) is 12.4 Å². The Labute approximate surface area is 48.1 Å². The van der Waals surface area contributed by atoms with Crippen molar-refractivity contribution in [3.8, 4) is 0 Å². The van der Waals surface area contributed by atoms with Gasteiger partial charge in [0, 0.05) is 6.42 Å². The van der Waals surface area contributed by atoms with E-state index in [0.717, 1.165) is 18.5 Å². The van der Waals surface area contributed by atoms with Crippen molar-refractivity contribution in [1.82, 2.24) is 0 Å². The zero-order chi connectivity index (χ0) is 5.98. The average Bonchev–Trinajstić information content (AvgIpc) is 2.14. The van der Waals surface area contributed by atoms with Gasteiger partial charge in [-0.05, 0) is 13.0 Å². The number of aldehydes is 1. The molecule has 0 spiro atoms. The number of rotatable bonds is 1. The molecule has 2 heteroatoms. The van der Waals surface area contributed by atoms with E-state index in [4.69, 9.17) is 4.74 Å². The molecule has 0 saturated heterocycles. The molecular weight excluding hydrogens is 104 g/mol. The molecule has 0 aliphatic carbocycles. The summed E-state index contributed by atoms with van der Waals surface area (Å²) in [6.07, 6.45) is 3.29. The van der Waals surface area contributed by atoms with Crippen LogP contribution < -0.4 is 0 Å². The summed E-state index contributed by atoms with van der Waals surface area (Å²) in [6, 6.07) is 0. The maximum atomic E-state index is 9.99. The third kappa shape index (κ3) is 0.886. The van der Waals surface area contributed by atoms with Crippen LogP contribution in [0, 0.1) is 0 Å². The standard InChI is InChI=1S/C6H8O2/c1-5-2-3-6(4-7)8-5/h2,4,6H,3H2,1H3. The predicted octanol–water partition coefficient (Wildman–Crippen LogP) is 0.878. The Morgan fingerprint density at radius 3 is 3.00 bits per heavy atom. The lowest BCUT2D eigenvalue weighted by Gasteiger charge is -2.00. The summed E-state index contributed by atoms with van der Waals surface area (Å²) in [6.45, 7) is 1.85. The molecule has 1 aliphatic rings. The summed E-state index contributed by atoms with van der Waals surface area (Å²) in [5.74, 6) is 0.863. The lowest BCUT2D eigenvalue weighted by molar-refractivity contribution is -0.114. The summed E-state index contributed by atoms with van der Waals surface area (Å²) in [5, 5.41) is 0. The van der Waals surface area contributed by atoms with Gasteiger partial charge in [-0.15, -0.1) is 0 Å². The highest BCUT2D eigenvalue weighted by Crippen LogP contribution is 2.13. The largest absolute Gasteiger partial charge is 0.488 e. The minimum atomic E-state index is -0.199. The van der Waals surface area contributed by atoms with Gasteiger partial charge in [0.25, 0.3) is 0 Å². The quantitative estimate of drug-likeness (QED) is 0.470. The van der Waals surface area contributed by atoms with Gasteiger partial charge in [-0.2, -0.15) is 0 Å². The second-order valence-electron chi connectivity index (χ2n) is 1.84. The molecule has 2 nitrogen and oxygen atoms in total. The van der Waals surface area contributed by atoms with Crippen LogP contribution in [0.15, 0.2) is 11.8 Å². The molecule has 0 fully saturated rings. The monoisotopic (exact) mass is 112 g/mol. The molecule has 0 aromatic heterocycles. The Balaban J connectivity index is 2.43. The Morgan fingerprint density at radius 1 is 2.00 bits per heavy atom. The molecule has 0 saturated carbocycles. The Bertz CT molecular complexity index is 126. The fraction of sp³-hybridized carbons (Fsp3) is 0.500. The molecule has 44 valence electrons. The second kappa shape index (κ2) is 1.99. The first kappa shape index (κ1) is 5.35. The molecule has 1 unspecified atom stereocenters. The molecule has 0 bridgehead atoms. The minimum absolute atomic E-state index is 0.199. The molecule has 0 aromatic rings. The highest BCUT2D eigenvalue weighted by atomic mass is 16.5. The topological polar surface area (TPSA) is 26.3 Å². The average molecular weight is 112 g/mol. The van der Waals surface area contributed by atoms with Crippen molar-refractivity contribution in [2.24, 2.45) is 0 Å². The van der Waals surface area contributed by atoms with E-state index in [0.29, 0.717) is 0 Å². The molecule has 1 aliphatic heterocycles. The van der Waals surface area contributed by atoms with Gasteiger partial charge in [0.05, 0.1) is 5.76 Å². The number of carbonyl (C=O) groups is 1. The van der Waals surface area contributed by atoms with Crippen LogP contribution in [0.5, 0.6) is 0 Å². The third-order valence-corrected chi connectivity index (χ3v) is 1.13. The number of ether oxygens (including phenoxy) is 1. The van der Waals surface area contributed by atoms with Crippen LogP contribution in [0.4, 0.5) is 0 Å². The summed E-state index contributed by atoms with van der Waals surface area (Å²) in [7, 11) is 0. The Hall–Kier alpha value is -0.790. The molecular formula is C6H8O2. The number of hydrogen-bond donors (Lipinski definition) is 0. The maximum absolute atomic E-state index is 9.99. The number of hydrogen-bond acceptors (Lipinski definition) is 2. The lowest BCUT2D eigenvalue weighted by atomic mass is 10.3. The molecule has 1 heterocycles. The van der Waals surface area contributed by atoms with Gasteiger partial charge in [-0.25, -0.2) is 0 Å². The maximum Gasteiger partial charge on any atom is 0.160 e. The Kier molecular flexibility index (Phi) is 1.33. The van der Waals surface area contributed by atoms with Crippen molar-refractivity contribution in [2.75, 3.05) is 0 Å². The third-order valence-electron chi connectivity index (χ3n) is 1.13. The van der Waals surface area contributed by atoms with E-state index in [1.54, 1.807) is 0 Å². The smallest absolute Gasteiger partial charge is 0.160 e. The van der Waals surface area contributed by atoms with E-state index < -0.39 is 0 Å². The van der Waals surface area contributed by atoms with E-state index in [1.165, 1.54) is 0 Å². The van der Waals surface area contributed by atoms with Crippen molar-refractivity contribution in [3.63, 3.8) is 0 Å². The van der Waals surface area contributed by atoms with E-state index in [-0.39, 0.29) is 6.10 Å². The van der Waals surface area contributed by atoms with Crippen LogP contribution in [0.2, 0.25) is 0 Å². The normalized spacial score (nSPS) is 26.6. The first-order chi connectivity index (χ1) is 3.83. The molecule has 8 heavy (non-hydrogen) atoms. The van der Waals surface area contributed by atoms with Gasteiger partial charge in [0.2, 0.25) is 0 Å². The molecule has 1 atom stereocenters. The van der Waals surface area contributed by atoms with Gasteiger partial charge in [0.1, 0.15) is 0 Å². The van der Waals surface area contributed by atoms with Crippen LogP contribution >= 0.6 is 0 Å². The highest BCUT2D eigenvalue weighted by Gasteiger charge is 2.12. The number of allylic oxidation sites excluding steroid dienone is 1. The van der Waals surface area contributed by atoms with Crippen molar-refractivity contribution in [3.05, 3.63) is 11.8 Å². The molecule has 1 rings (SSSR count). The van der Waals surface area contributed by atoms with E-state index in [1.807, 2.05) is 13.0 Å². The zero-order valence-corrected chi connectivity index (χ0v) is 4.76. The van der Waals surface area contributed by atoms with Crippen molar-refractivity contribution in [1.29, 1.82) is 0 Å². The molecule has 0 aromatic carbocycles. The second-order valence-corrected chi connectivity index (χ2v) is 1.84. The van der Waals surface area contributed by atoms with Crippen molar-refractivity contribution >= 4 is 6.29 Å². The summed E-state index contributed by atoms with van der Waals surface area (Å²) < 4.78 is 5.00. The summed E-state index contributed by atoms with van der Waals surface area (Å²) in [5.41, 5.74) is 0. The predicted molar refractivity (Wildman–Crippen MR) is 29.3 cm³/mol. The fourth-order valence-corrected chi connectivity index (χ4v) is 0.700. The van der Waals surface area contributed by atoms with Crippen molar-refractivity contribution in [2.45, 2.75) is 19.4 Å². The SMILES string of the molecule is CC1=CCC(C=O)O1. The van der Waals surface area contributed by atoms with Gasteiger partial charge in [0.15, 0.2) is 12.4 Å². The minimum Gasteiger partial charge on any atom is -0.488 e. The van der Waals surface area contributed by atoms with Gasteiger partial charge >= 0.3 is 0 Å². The zero-order valence-electron chi connectivity index (χ0n) is 4.76. The first-order valence-corrected chi connectivity index (χ1v) is 2.61. The molecule has 0 N–H and O–H groups in total. The van der Waals surface area contributed by atoms with Crippen LogP contribution in [-0.2, 0) is 9.53 Å². The Morgan fingerprint density at radius 2 is 2.75 bits per heavy atom. The molecule has 0 amide bonds. The van der Waals surface area contributed by atoms with Gasteiger partial charge < -0.3 is 4.74 Å². The van der Waals surface area contributed by atoms with Gasteiger partial charge in [-0.3, -0.25) is 4.79 Å². The highest BCUT2D eigenvalue weighted by molar-refractivity contribution is 5.57. The van der Waals surface area contributed by atoms with E-state index in [9.17, 15) is 4.79 Å². The fourth-order valence-electron chi connectivity index (χ4n) is 0.700. The van der Waals surface area contributed by atoms with Gasteiger partial charge in [-0.1, -0.05) is 0 Å². The molecule has 0 radical (unpaired) electrons. The van der Waals surface area contributed by atoms with E-state index >= 15 is 0 Å². The van der Waals surface area contributed by atoms with Crippen LogP contribution in [0.3, 0.4) is 0 Å². The summed E-state index contributed by atoms with van der Waals surface area (Å²) in [4.78, 5) is 9.99. The van der Waals surface area contributed by atoms with Crippen molar-refractivity contribution < 1.29 is 9.53 Å². The first-order valence-electron chi connectivity index (χ1n) is 2.61. The number of carbonyl (C=O) groups excluding carboxylic acids is 1. The van der Waals surface area contributed by atoms with Crippen LogP contribution in [0.1, 0.15) is 13.3 Å².